The third-order valence-corrected chi connectivity index (χ3v) is 3.46. The molecule has 1 atom stereocenters. The number of hydrogen-bond donors (Lipinski definition) is 1. The highest BCUT2D eigenvalue weighted by molar-refractivity contribution is 5.85. The molecular weight excluding hydrogens is 238 g/mol. The maximum atomic E-state index is 10.5. The van der Waals surface area contributed by atoms with Crippen LogP contribution in [-0.2, 0) is 11.3 Å². The summed E-state index contributed by atoms with van der Waals surface area (Å²) < 4.78 is 0. The van der Waals surface area contributed by atoms with Gasteiger partial charge in [-0.3, -0.25) is 4.90 Å². The molecule has 0 radical (unpaired) electrons. The van der Waals surface area contributed by atoms with E-state index in [0.29, 0.717) is 12.0 Å². The van der Waals surface area contributed by atoms with E-state index in [0.717, 1.165) is 12.1 Å². The molecule has 0 heterocycles. The highest BCUT2D eigenvalue weighted by Gasteiger charge is 2.13. The van der Waals surface area contributed by atoms with Crippen molar-refractivity contribution in [1.82, 2.24) is 4.90 Å². The number of aliphatic carboxylic acids is 1. The largest absolute Gasteiger partial charge is 0.478 e. The smallest absolute Gasteiger partial charge is 0.328 e. The van der Waals surface area contributed by atoms with Crippen LogP contribution in [0.5, 0.6) is 0 Å². The van der Waals surface area contributed by atoms with Crippen LogP contribution in [0.4, 0.5) is 0 Å². The van der Waals surface area contributed by atoms with E-state index >= 15 is 0 Å². The Bertz CT molecular complexity index is 452. The van der Waals surface area contributed by atoms with Crippen molar-refractivity contribution in [3.8, 4) is 0 Å². The molecule has 0 saturated carbocycles. The lowest BCUT2D eigenvalue weighted by Crippen LogP contribution is -2.32. The molecule has 0 aromatic heterocycles. The van der Waals surface area contributed by atoms with E-state index in [1.54, 1.807) is 6.08 Å². The van der Waals surface area contributed by atoms with Gasteiger partial charge in [0, 0.05) is 18.7 Å². The molecule has 1 unspecified atom stereocenters. The standard InChI is InChI=1S/C16H23NO2/c1-12(2)13(3)17(4)11-15-7-5-6-14(10-15)8-9-16(18)19/h5-10,12-13H,11H2,1-4H3,(H,18,19)/b9-8+. The lowest BCUT2D eigenvalue weighted by molar-refractivity contribution is -0.131. The molecule has 104 valence electrons. The average Bonchev–Trinajstić information content (AvgIpc) is 2.35. The number of hydrogen-bond acceptors (Lipinski definition) is 2. The SMILES string of the molecule is CC(C)C(C)N(C)Cc1cccc(/C=C/C(=O)O)c1. The highest BCUT2D eigenvalue weighted by Crippen LogP contribution is 2.14. The number of benzene rings is 1. The maximum absolute atomic E-state index is 10.5. The maximum Gasteiger partial charge on any atom is 0.328 e. The van der Waals surface area contributed by atoms with Crippen LogP contribution in [0.2, 0.25) is 0 Å². The second-order valence-electron chi connectivity index (χ2n) is 5.32. The fourth-order valence-electron chi connectivity index (χ4n) is 1.90. The summed E-state index contributed by atoms with van der Waals surface area (Å²) in [5.74, 6) is -0.309. The summed E-state index contributed by atoms with van der Waals surface area (Å²) in [5.41, 5.74) is 2.12. The molecule has 3 nitrogen and oxygen atoms in total. The highest BCUT2D eigenvalue weighted by atomic mass is 16.4. The zero-order chi connectivity index (χ0) is 14.4. The number of nitrogens with zero attached hydrogens (tertiary/aromatic N) is 1. The summed E-state index contributed by atoms with van der Waals surface area (Å²) >= 11 is 0. The number of carboxylic acids is 1. The molecule has 19 heavy (non-hydrogen) atoms. The number of carbonyl (C=O) groups is 1. The van der Waals surface area contributed by atoms with E-state index in [1.807, 2.05) is 18.2 Å². The summed E-state index contributed by atoms with van der Waals surface area (Å²) in [6.07, 6.45) is 2.79. The molecule has 1 aromatic rings. The average molecular weight is 261 g/mol. The molecule has 0 spiro atoms. The van der Waals surface area contributed by atoms with Crippen molar-refractivity contribution in [1.29, 1.82) is 0 Å². The second-order valence-corrected chi connectivity index (χ2v) is 5.32. The Hall–Kier alpha value is -1.61. The minimum absolute atomic E-state index is 0.512. The molecular formula is C16H23NO2. The van der Waals surface area contributed by atoms with Gasteiger partial charge in [0.25, 0.3) is 0 Å². The van der Waals surface area contributed by atoms with Crippen molar-refractivity contribution >= 4 is 12.0 Å². The van der Waals surface area contributed by atoms with Gasteiger partial charge in [0.2, 0.25) is 0 Å². The van der Waals surface area contributed by atoms with Crippen LogP contribution in [0, 0.1) is 5.92 Å². The summed E-state index contributed by atoms with van der Waals surface area (Å²) in [7, 11) is 2.12. The Kier molecular flexibility index (Phi) is 5.77. The van der Waals surface area contributed by atoms with Crippen molar-refractivity contribution in [2.24, 2.45) is 5.92 Å². The molecule has 0 aliphatic rings. The Morgan fingerprint density at radius 3 is 2.63 bits per heavy atom. The molecule has 1 N–H and O–H groups in total. The van der Waals surface area contributed by atoms with Crippen LogP contribution in [-0.4, -0.2) is 29.1 Å². The fourth-order valence-corrected chi connectivity index (χ4v) is 1.90. The van der Waals surface area contributed by atoms with Gasteiger partial charge in [-0.2, -0.15) is 0 Å². The Labute approximate surface area is 115 Å². The van der Waals surface area contributed by atoms with E-state index in [2.05, 4.69) is 38.8 Å². The van der Waals surface area contributed by atoms with Crippen molar-refractivity contribution in [2.45, 2.75) is 33.4 Å². The van der Waals surface area contributed by atoms with Gasteiger partial charge < -0.3 is 5.11 Å². The summed E-state index contributed by atoms with van der Waals surface area (Å²) in [5, 5.41) is 8.63. The molecule has 0 aliphatic heterocycles. The summed E-state index contributed by atoms with van der Waals surface area (Å²) in [4.78, 5) is 12.8. The molecule has 0 fully saturated rings. The minimum atomic E-state index is -0.920. The molecule has 1 aromatic carbocycles. The van der Waals surface area contributed by atoms with Crippen LogP contribution in [0.1, 0.15) is 31.9 Å². The lowest BCUT2D eigenvalue weighted by atomic mass is 10.0. The zero-order valence-corrected chi connectivity index (χ0v) is 12.1. The van der Waals surface area contributed by atoms with E-state index in [4.69, 9.17) is 5.11 Å². The van der Waals surface area contributed by atoms with Gasteiger partial charge in [0.05, 0.1) is 0 Å². The second kappa shape index (κ2) is 7.10. The van der Waals surface area contributed by atoms with Gasteiger partial charge in [-0.1, -0.05) is 38.1 Å². The van der Waals surface area contributed by atoms with E-state index in [9.17, 15) is 4.79 Å². The normalized spacial score (nSPS) is 13.4. The monoisotopic (exact) mass is 261 g/mol. The van der Waals surface area contributed by atoms with Crippen molar-refractivity contribution in [3.05, 3.63) is 41.5 Å². The van der Waals surface area contributed by atoms with Crippen molar-refractivity contribution in [2.75, 3.05) is 7.05 Å². The molecule has 1 rings (SSSR count). The van der Waals surface area contributed by atoms with E-state index < -0.39 is 5.97 Å². The van der Waals surface area contributed by atoms with Gasteiger partial charge in [0.1, 0.15) is 0 Å². The van der Waals surface area contributed by atoms with Crippen LogP contribution >= 0.6 is 0 Å². The van der Waals surface area contributed by atoms with Gasteiger partial charge >= 0.3 is 5.97 Å². The first-order chi connectivity index (χ1) is 8.90. The molecule has 0 saturated heterocycles. The third-order valence-electron chi connectivity index (χ3n) is 3.46. The minimum Gasteiger partial charge on any atom is -0.478 e. The Morgan fingerprint density at radius 1 is 1.37 bits per heavy atom. The van der Waals surface area contributed by atoms with Crippen LogP contribution in [0.15, 0.2) is 30.3 Å². The predicted octanol–water partition coefficient (Wildman–Crippen LogP) is 3.26. The zero-order valence-electron chi connectivity index (χ0n) is 12.1. The molecule has 0 amide bonds. The predicted molar refractivity (Wildman–Crippen MR) is 78.9 cm³/mol. The summed E-state index contributed by atoms with van der Waals surface area (Å²) in [6, 6.07) is 8.49. The van der Waals surface area contributed by atoms with Gasteiger partial charge in [-0.25, -0.2) is 4.79 Å². The van der Waals surface area contributed by atoms with Crippen molar-refractivity contribution in [3.63, 3.8) is 0 Å². The van der Waals surface area contributed by atoms with Crippen LogP contribution < -0.4 is 0 Å². The van der Waals surface area contributed by atoms with Gasteiger partial charge in [-0.15, -0.1) is 0 Å². The van der Waals surface area contributed by atoms with Gasteiger partial charge in [0.15, 0.2) is 0 Å². The first kappa shape index (κ1) is 15.4. The van der Waals surface area contributed by atoms with Crippen LogP contribution in [0.25, 0.3) is 6.08 Å². The molecule has 3 heteroatoms. The van der Waals surface area contributed by atoms with Crippen molar-refractivity contribution < 1.29 is 9.90 Å². The molecule has 0 aliphatic carbocycles. The fraction of sp³-hybridized carbons (Fsp3) is 0.438. The Morgan fingerprint density at radius 2 is 2.05 bits per heavy atom. The van der Waals surface area contributed by atoms with Gasteiger partial charge in [-0.05, 0) is 37.1 Å². The van der Waals surface area contributed by atoms with E-state index in [-0.39, 0.29) is 0 Å². The summed E-state index contributed by atoms with van der Waals surface area (Å²) in [6.45, 7) is 7.52. The Balaban J connectivity index is 2.74. The first-order valence-electron chi connectivity index (χ1n) is 6.60. The third kappa shape index (κ3) is 5.26. The first-order valence-corrected chi connectivity index (χ1v) is 6.60. The quantitative estimate of drug-likeness (QED) is 0.799. The lowest BCUT2D eigenvalue weighted by Gasteiger charge is -2.27. The number of rotatable bonds is 6. The van der Waals surface area contributed by atoms with Crippen LogP contribution in [0.3, 0.4) is 0 Å². The topological polar surface area (TPSA) is 40.5 Å². The molecule has 0 bridgehead atoms. The number of carboxylic acid groups (broad SMARTS) is 1. The van der Waals surface area contributed by atoms with E-state index in [1.165, 1.54) is 11.6 Å².